The molecular weight excluding hydrogens is 1010 g/mol. The highest BCUT2D eigenvalue weighted by Gasteiger charge is 2.65. The molecule has 0 amide bonds. The standard InChI is InChI=1S/2C21H30O4S.C21H30O2S/c2*1-19(2)7-5-8-20(3)16(19)6-9-21(4)17(20)12-26(24,25)15-11-13(22)10-14(23)18(15)21;1-19(2)7-5-8-20(3)16(19)6-9-21(4)17(20)12-24-15-11-13(22)10-14(23)18(15)21/h2*10-11,16-17,22-23H,5-9,12H2,1-4H3;10-11,16-17,22-23H,5-9,12H2,1-4H3/t3*16-,17+,20-,21+/m000/s1. The third-order valence-electron chi connectivity index (χ3n) is 24.1. The number of phenolic OH excluding ortho intramolecular Hbond substituents is 6. The molecule has 10 nitrogen and oxygen atoms in total. The molecule has 12 rings (SSSR count). The Hall–Kier alpha value is -3.29. The van der Waals surface area contributed by atoms with Crippen LogP contribution in [0, 0.1) is 68.0 Å². The summed E-state index contributed by atoms with van der Waals surface area (Å²) in [6.07, 6.45) is 17.0. The summed E-state index contributed by atoms with van der Waals surface area (Å²) in [6, 6.07) is 8.62. The van der Waals surface area contributed by atoms with Gasteiger partial charge < -0.3 is 30.6 Å². The Kier molecular flexibility index (Phi) is 13.2. The summed E-state index contributed by atoms with van der Waals surface area (Å²) in [6.45, 7) is 28.0. The van der Waals surface area contributed by atoms with Gasteiger partial charge in [0.05, 0.1) is 21.3 Å². The van der Waals surface area contributed by atoms with E-state index in [1.807, 2.05) is 17.8 Å². The molecule has 0 spiro atoms. The van der Waals surface area contributed by atoms with Gasteiger partial charge in [-0.2, -0.15) is 0 Å². The maximum Gasteiger partial charge on any atom is 0.179 e. The first kappa shape index (κ1) is 56.0. The Morgan fingerprint density at radius 2 is 0.711 bits per heavy atom. The van der Waals surface area contributed by atoms with Crippen LogP contribution in [0.15, 0.2) is 51.1 Å². The van der Waals surface area contributed by atoms with Gasteiger partial charge in [-0.3, -0.25) is 0 Å². The molecule has 6 saturated carbocycles. The first-order valence-electron chi connectivity index (χ1n) is 28.8. The molecule has 3 aromatic rings. The van der Waals surface area contributed by atoms with Crippen molar-refractivity contribution in [2.75, 3.05) is 17.3 Å². The Morgan fingerprint density at radius 3 is 1.08 bits per heavy atom. The summed E-state index contributed by atoms with van der Waals surface area (Å²) in [7, 11) is -7.08. The minimum Gasteiger partial charge on any atom is -0.508 e. The molecule has 420 valence electrons. The topological polar surface area (TPSA) is 190 Å². The molecule has 12 atom stereocenters. The molecule has 6 fully saturated rings. The molecule has 6 aliphatic carbocycles. The van der Waals surface area contributed by atoms with Gasteiger partial charge in [0.15, 0.2) is 19.7 Å². The molecule has 13 heteroatoms. The Labute approximate surface area is 459 Å². The lowest BCUT2D eigenvalue weighted by molar-refractivity contribution is -0.0986. The number of rotatable bonds is 0. The number of hydrogen-bond acceptors (Lipinski definition) is 11. The molecule has 9 aliphatic rings. The quantitative estimate of drug-likeness (QED) is 0.126. The maximum atomic E-state index is 13.1. The van der Waals surface area contributed by atoms with E-state index in [0.29, 0.717) is 45.5 Å². The van der Waals surface area contributed by atoms with Crippen LogP contribution in [0.5, 0.6) is 34.5 Å². The van der Waals surface area contributed by atoms with Crippen molar-refractivity contribution < 1.29 is 47.5 Å². The number of sulfone groups is 2. The molecule has 0 saturated heterocycles. The number of aromatic hydroxyl groups is 6. The van der Waals surface area contributed by atoms with Gasteiger partial charge in [-0.25, -0.2) is 16.8 Å². The minimum atomic E-state index is -3.54. The molecule has 3 heterocycles. The lowest BCUT2D eigenvalue weighted by Crippen LogP contribution is -2.59. The molecule has 6 N–H and O–H groups in total. The van der Waals surface area contributed by atoms with Crippen LogP contribution in [-0.2, 0) is 35.9 Å². The predicted molar refractivity (Wildman–Crippen MR) is 302 cm³/mol. The zero-order valence-corrected chi connectivity index (χ0v) is 50.1. The van der Waals surface area contributed by atoms with Gasteiger partial charge in [-0.05, 0) is 163 Å². The number of phenols is 6. The average Bonchev–Trinajstić information content (AvgIpc) is 3.27. The van der Waals surface area contributed by atoms with E-state index in [1.165, 1.54) is 68.9 Å². The van der Waals surface area contributed by atoms with Gasteiger partial charge >= 0.3 is 0 Å². The van der Waals surface area contributed by atoms with Gasteiger partial charge in [-0.15, -0.1) is 11.8 Å². The summed E-state index contributed by atoms with van der Waals surface area (Å²) >= 11 is 1.84. The zero-order chi connectivity index (χ0) is 55.6. The molecule has 0 unspecified atom stereocenters. The predicted octanol–water partition coefficient (Wildman–Crippen LogP) is 14.5. The summed E-state index contributed by atoms with van der Waals surface area (Å²) in [5.41, 5.74) is 2.55. The third kappa shape index (κ3) is 8.28. The molecule has 3 aliphatic heterocycles. The van der Waals surface area contributed by atoms with Crippen LogP contribution in [0.25, 0.3) is 0 Å². The van der Waals surface area contributed by atoms with Crippen molar-refractivity contribution in [3.05, 3.63) is 53.1 Å². The van der Waals surface area contributed by atoms with Crippen molar-refractivity contribution in [2.24, 2.45) is 68.0 Å². The van der Waals surface area contributed by atoms with Gasteiger partial charge in [0.2, 0.25) is 0 Å². The van der Waals surface area contributed by atoms with Crippen LogP contribution in [0.4, 0.5) is 0 Å². The first-order valence-corrected chi connectivity index (χ1v) is 33.1. The van der Waals surface area contributed by atoms with Crippen LogP contribution in [-0.4, -0.2) is 64.7 Å². The Bertz CT molecular complexity index is 2930. The molecule has 0 radical (unpaired) electrons. The second kappa shape index (κ2) is 17.9. The maximum absolute atomic E-state index is 13.1. The second-order valence-corrected chi connectivity index (χ2v) is 34.7. The molecular formula is C63H90O10S3. The normalized spacial score (nSPS) is 40.2. The van der Waals surface area contributed by atoms with Gasteiger partial charge in [-0.1, -0.05) is 102 Å². The van der Waals surface area contributed by atoms with Crippen molar-refractivity contribution in [2.45, 2.75) is 210 Å². The van der Waals surface area contributed by atoms with Gasteiger partial charge in [0.1, 0.15) is 34.5 Å². The van der Waals surface area contributed by atoms with Gasteiger partial charge in [0, 0.05) is 61.8 Å². The van der Waals surface area contributed by atoms with E-state index in [2.05, 4.69) is 83.1 Å². The van der Waals surface area contributed by atoms with E-state index >= 15 is 0 Å². The first-order chi connectivity index (χ1) is 35.0. The van der Waals surface area contributed by atoms with Crippen molar-refractivity contribution in [1.82, 2.24) is 0 Å². The van der Waals surface area contributed by atoms with E-state index in [0.717, 1.165) is 79.9 Å². The van der Waals surface area contributed by atoms with Crippen LogP contribution in [0.2, 0.25) is 0 Å². The van der Waals surface area contributed by atoms with Crippen molar-refractivity contribution >= 4 is 31.4 Å². The van der Waals surface area contributed by atoms with E-state index in [4.69, 9.17) is 0 Å². The second-order valence-electron chi connectivity index (χ2n) is 29.6. The molecule has 0 bridgehead atoms. The monoisotopic (exact) mass is 1100 g/mol. The van der Waals surface area contributed by atoms with Crippen molar-refractivity contribution in [3.8, 4) is 34.5 Å². The van der Waals surface area contributed by atoms with E-state index < -0.39 is 19.7 Å². The van der Waals surface area contributed by atoms with E-state index in [1.54, 1.807) is 0 Å². The molecule has 76 heavy (non-hydrogen) atoms. The lowest BCUT2D eigenvalue weighted by Gasteiger charge is -2.64. The SMILES string of the molecule is CC1(C)CCC[C@]2(C)[C@H]3CS(=O)(=O)c4cc(O)cc(O)c4[C@]3(C)CC[C@@H]12.CC1(C)CCC[C@]2(C)[C@H]3CS(=O)(=O)c4cc(O)cc(O)c4[C@]3(C)CC[C@@H]12.CC1(C)CCC[C@]2(C)[C@H]3CSc4cc(O)cc(O)c4[C@]3(C)CC[C@@H]12. The summed E-state index contributed by atoms with van der Waals surface area (Å²) in [5, 5.41) is 61.5. The molecule has 3 aromatic carbocycles. The summed E-state index contributed by atoms with van der Waals surface area (Å²) in [5.74, 6) is 3.62. The number of hydrogen-bond donors (Lipinski definition) is 6. The van der Waals surface area contributed by atoms with Crippen molar-refractivity contribution in [3.63, 3.8) is 0 Å². The summed E-state index contributed by atoms with van der Waals surface area (Å²) < 4.78 is 52.5. The molecule has 0 aromatic heterocycles. The smallest absolute Gasteiger partial charge is 0.179 e. The largest absolute Gasteiger partial charge is 0.508 e. The van der Waals surface area contributed by atoms with Crippen LogP contribution in [0.3, 0.4) is 0 Å². The minimum absolute atomic E-state index is 0.0127. The van der Waals surface area contributed by atoms with E-state index in [9.17, 15) is 47.5 Å². The average molecular weight is 1100 g/mol. The highest BCUT2D eigenvalue weighted by atomic mass is 32.2. The summed E-state index contributed by atoms with van der Waals surface area (Å²) in [4.78, 5) is 1.35. The Balaban J connectivity index is 0.000000130. The lowest BCUT2D eigenvalue weighted by atomic mass is 9.43. The zero-order valence-electron chi connectivity index (χ0n) is 47.7. The third-order valence-corrected chi connectivity index (χ3v) is 28.8. The number of benzene rings is 3. The fraction of sp³-hybridized carbons (Fsp3) is 0.714. The fourth-order valence-corrected chi connectivity index (χ4v) is 27.3. The fourth-order valence-electron chi connectivity index (χ4n) is 20.8. The number of thioether (sulfide) groups is 1. The number of fused-ring (bicyclic) bond motifs is 15. The highest BCUT2D eigenvalue weighted by molar-refractivity contribution is 7.99. The van der Waals surface area contributed by atoms with Crippen LogP contribution >= 0.6 is 11.8 Å². The highest BCUT2D eigenvalue weighted by Crippen LogP contribution is 2.71. The van der Waals surface area contributed by atoms with Crippen molar-refractivity contribution in [1.29, 1.82) is 0 Å². The van der Waals surface area contributed by atoms with Gasteiger partial charge in [0.25, 0.3) is 0 Å². The van der Waals surface area contributed by atoms with E-state index in [-0.39, 0.29) is 99.8 Å². The van der Waals surface area contributed by atoms with Crippen LogP contribution < -0.4 is 0 Å². The Morgan fingerprint density at radius 1 is 0.395 bits per heavy atom. The van der Waals surface area contributed by atoms with Crippen LogP contribution in [0.1, 0.15) is 196 Å².